The molecule has 0 radical (unpaired) electrons. The van der Waals surface area contributed by atoms with Crippen LogP contribution in [0.25, 0.3) is 0 Å². The number of aryl methyl sites for hydroxylation is 2. The first-order valence-corrected chi connectivity index (χ1v) is 9.60. The summed E-state index contributed by atoms with van der Waals surface area (Å²) in [6.07, 6.45) is 0.801. The molecule has 1 heterocycles. The maximum Gasteiger partial charge on any atom is 0.261 e. The number of amides is 1. The smallest absolute Gasteiger partial charge is 0.261 e. The summed E-state index contributed by atoms with van der Waals surface area (Å²) >= 11 is 0. The fourth-order valence-corrected chi connectivity index (χ4v) is 3.47. The quantitative estimate of drug-likeness (QED) is 0.819. The lowest BCUT2D eigenvalue weighted by atomic mass is 9.88. The van der Waals surface area contributed by atoms with Crippen molar-refractivity contribution in [3.8, 4) is 11.5 Å². The van der Waals surface area contributed by atoms with Gasteiger partial charge in [-0.15, -0.1) is 0 Å². The predicted octanol–water partition coefficient (Wildman–Crippen LogP) is 4.88. The van der Waals surface area contributed by atoms with Crippen LogP contribution in [0.2, 0.25) is 0 Å². The highest BCUT2D eigenvalue weighted by molar-refractivity contribution is 5.81. The molecule has 0 saturated heterocycles. The molecule has 144 valence electrons. The normalized spacial score (nSPS) is 18.8. The highest BCUT2D eigenvalue weighted by atomic mass is 16.5. The van der Waals surface area contributed by atoms with Crippen LogP contribution >= 0.6 is 0 Å². The Labute approximate surface area is 161 Å². The molecule has 4 heteroatoms. The minimum Gasteiger partial charge on any atom is -0.487 e. The van der Waals surface area contributed by atoms with E-state index in [-0.39, 0.29) is 17.6 Å². The number of hydrogen-bond acceptors (Lipinski definition) is 3. The van der Waals surface area contributed by atoms with Crippen LogP contribution < -0.4 is 14.8 Å². The Kier molecular flexibility index (Phi) is 5.45. The van der Waals surface area contributed by atoms with Crippen molar-refractivity contribution in [1.29, 1.82) is 0 Å². The molecule has 0 bridgehead atoms. The van der Waals surface area contributed by atoms with Gasteiger partial charge < -0.3 is 14.8 Å². The van der Waals surface area contributed by atoms with Crippen LogP contribution in [0.3, 0.4) is 0 Å². The van der Waals surface area contributed by atoms with Crippen LogP contribution in [0.4, 0.5) is 0 Å². The SMILES string of the molecule is CC[C@@H](Oc1ccc(C)cc1)C(=O)N[C@H]1CC(C)(C)Oc2ccc(C)cc21. The summed E-state index contributed by atoms with van der Waals surface area (Å²) in [7, 11) is 0. The number of carbonyl (C=O) groups is 1. The van der Waals surface area contributed by atoms with Gasteiger partial charge in [-0.2, -0.15) is 0 Å². The zero-order valence-corrected chi connectivity index (χ0v) is 16.8. The molecule has 1 N–H and O–H groups in total. The number of benzene rings is 2. The number of carbonyl (C=O) groups excluding carboxylic acids is 1. The van der Waals surface area contributed by atoms with E-state index in [1.165, 1.54) is 0 Å². The molecule has 1 aliphatic heterocycles. The van der Waals surface area contributed by atoms with Crippen molar-refractivity contribution >= 4 is 5.91 Å². The van der Waals surface area contributed by atoms with Gasteiger partial charge in [0, 0.05) is 12.0 Å². The molecule has 2 aromatic rings. The van der Waals surface area contributed by atoms with Gasteiger partial charge >= 0.3 is 0 Å². The first-order chi connectivity index (χ1) is 12.8. The number of rotatable bonds is 5. The van der Waals surface area contributed by atoms with Crippen molar-refractivity contribution in [2.24, 2.45) is 0 Å². The molecule has 1 aliphatic rings. The second-order valence-corrected chi connectivity index (χ2v) is 8.00. The Morgan fingerprint density at radius 3 is 2.52 bits per heavy atom. The molecule has 0 aliphatic carbocycles. The minimum absolute atomic E-state index is 0.0896. The van der Waals surface area contributed by atoms with Crippen molar-refractivity contribution in [1.82, 2.24) is 5.32 Å². The molecule has 0 saturated carbocycles. The van der Waals surface area contributed by atoms with Gasteiger partial charge in [0.2, 0.25) is 0 Å². The Hall–Kier alpha value is -2.49. The van der Waals surface area contributed by atoms with Gasteiger partial charge in [0.1, 0.15) is 17.1 Å². The Bertz CT molecular complexity index is 811. The van der Waals surface area contributed by atoms with Crippen molar-refractivity contribution < 1.29 is 14.3 Å². The van der Waals surface area contributed by atoms with Crippen LogP contribution in [-0.2, 0) is 4.79 Å². The lowest BCUT2D eigenvalue weighted by Gasteiger charge is -2.38. The average Bonchev–Trinajstić information content (AvgIpc) is 2.61. The van der Waals surface area contributed by atoms with Crippen LogP contribution in [-0.4, -0.2) is 17.6 Å². The summed E-state index contributed by atoms with van der Waals surface area (Å²) in [5, 5.41) is 3.20. The van der Waals surface area contributed by atoms with Crippen LogP contribution in [0.1, 0.15) is 56.3 Å². The van der Waals surface area contributed by atoms with E-state index < -0.39 is 6.10 Å². The van der Waals surface area contributed by atoms with E-state index >= 15 is 0 Å². The second-order valence-electron chi connectivity index (χ2n) is 8.00. The fraction of sp³-hybridized carbons (Fsp3) is 0.435. The zero-order chi connectivity index (χ0) is 19.6. The number of nitrogens with one attached hydrogen (secondary N) is 1. The standard InChI is InChI=1S/C23H29NO3/c1-6-20(26-17-10-7-15(2)8-11-17)22(25)24-19-14-23(4,5)27-21-12-9-16(3)13-18(19)21/h7-13,19-20H,6,14H2,1-5H3,(H,24,25)/t19-,20+/m0/s1. The first-order valence-electron chi connectivity index (χ1n) is 9.60. The van der Waals surface area contributed by atoms with E-state index in [0.29, 0.717) is 12.2 Å². The maximum absolute atomic E-state index is 12.9. The van der Waals surface area contributed by atoms with Crippen LogP contribution in [0.15, 0.2) is 42.5 Å². The summed E-state index contributed by atoms with van der Waals surface area (Å²) in [6, 6.07) is 13.8. The van der Waals surface area contributed by atoms with Gasteiger partial charge in [0.25, 0.3) is 5.91 Å². The highest BCUT2D eigenvalue weighted by Gasteiger charge is 2.35. The molecule has 2 atom stereocenters. The van der Waals surface area contributed by atoms with E-state index in [1.807, 2.05) is 57.2 Å². The largest absolute Gasteiger partial charge is 0.487 e. The molecule has 0 fully saturated rings. The minimum atomic E-state index is -0.521. The van der Waals surface area contributed by atoms with Crippen molar-refractivity contribution in [2.75, 3.05) is 0 Å². The van der Waals surface area contributed by atoms with Gasteiger partial charge in [0.15, 0.2) is 6.10 Å². The highest BCUT2D eigenvalue weighted by Crippen LogP contribution is 2.40. The van der Waals surface area contributed by atoms with Gasteiger partial charge in [-0.05, 0) is 52.3 Å². The second kappa shape index (κ2) is 7.63. The molecule has 0 spiro atoms. The maximum atomic E-state index is 12.9. The first kappa shape index (κ1) is 19.3. The fourth-order valence-electron chi connectivity index (χ4n) is 3.47. The Morgan fingerprint density at radius 2 is 1.85 bits per heavy atom. The molecule has 0 aromatic heterocycles. The summed E-state index contributed by atoms with van der Waals surface area (Å²) in [4.78, 5) is 12.9. The topological polar surface area (TPSA) is 47.6 Å². The molecule has 0 unspecified atom stereocenters. The Morgan fingerprint density at radius 1 is 1.19 bits per heavy atom. The number of fused-ring (bicyclic) bond motifs is 1. The predicted molar refractivity (Wildman–Crippen MR) is 107 cm³/mol. The van der Waals surface area contributed by atoms with E-state index in [9.17, 15) is 4.79 Å². The van der Waals surface area contributed by atoms with E-state index in [0.717, 1.165) is 28.9 Å². The molecule has 4 nitrogen and oxygen atoms in total. The summed E-state index contributed by atoms with van der Waals surface area (Å²) in [5.74, 6) is 1.47. The lowest BCUT2D eigenvalue weighted by molar-refractivity contribution is -0.129. The van der Waals surface area contributed by atoms with E-state index in [1.54, 1.807) is 0 Å². The third kappa shape index (κ3) is 4.62. The van der Waals surface area contributed by atoms with Crippen molar-refractivity contribution in [3.63, 3.8) is 0 Å². The van der Waals surface area contributed by atoms with Gasteiger partial charge in [-0.1, -0.05) is 42.3 Å². The molecule has 27 heavy (non-hydrogen) atoms. The van der Waals surface area contributed by atoms with Crippen molar-refractivity contribution in [2.45, 2.75) is 65.2 Å². The van der Waals surface area contributed by atoms with Crippen molar-refractivity contribution in [3.05, 3.63) is 59.2 Å². The molecule has 2 aromatic carbocycles. The van der Waals surface area contributed by atoms with Crippen LogP contribution in [0, 0.1) is 13.8 Å². The molecule has 3 rings (SSSR count). The molecule has 1 amide bonds. The summed E-state index contributed by atoms with van der Waals surface area (Å²) < 4.78 is 12.0. The summed E-state index contributed by atoms with van der Waals surface area (Å²) in [6.45, 7) is 10.1. The third-order valence-electron chi connectivity index (χ3n) is 4.90. The monoisotopic (exact) mass is 367 g/mol. The van der Waals surface area contributed by atoms with Gasteiger partial charge in [-0.3, -0.25) is 4.79 Å². The lowest BCUT2D eigenvalue weighted by Crippen LogP contribution is -2.45. The molecular weight excluding hydrogens is 338 g/mol. The van der Waals surface area contributed by atoms with Gasteiger partial charge in [0.05, 0.1) is 6.04 Å². The van der Waals surface area contributed by atoms with Crippen LogP contribution in [0.5, 0.6) is 11.5 Å². The van der Waals surface area contributed by atoms with Gasteiger partial charge in [-0.25, -0.2) is 0 Å². The Balaban J connectivity index is 1.77. The summed E-state index contributed by atoms with van der Waals surface area (Å²) in [5.41, 5.74) is 3.02. The molecular formula is C23H29NO3. The third-order valence-corrected chi connectivity index (χ3v) is 4.90. The number of ether oxygens (including phenoxy) is 2. The van der Waals surface area contributed by atoms with E-state index in [4.69, 9.17) is 9.47 Å². The average molecular weight is 367 g/mol. The van der Waals surface area contributed by atoms with E-state index in [2.05, 4.69) is 25.2 Å². The zero-order valence-electron chi connectivity index (χ0n) is 16.8. The number of hydrogen-bond donors (Lipinski definition) is 1.